The molecule has 18 heavy (non-hydrogen) atoms. The molecule has 0 radical (unpaired) electrons. The van der Waals surface area contributed by atoms with Gasteiger partial charge in [-0.05, 0) is 37.6 Å². The Bertz CT molecular complexity index is 354. The lowest BCUT2D eigenvalue weighted by Crippen LogP contribution is -2.21. The van der Waals surface area contributed by atoms with Crippen LogP contribution < -0.4 is 5.32 Å². The summed E-state index contributed by atoms with van der Waals surface area (Å²) in [5, 5.41) is 7.89. The molecule has 1 unspecified atom stereocenters. The average molecular weight is 250 g/mol. The van der Waals surface area contributed by atoms with Gasteiger partial charge in [-0.15, -0.1) is 0 Å². The van der Waals surface area contributed by atoms with Crippen molar-refractivity contribution in [3.63, 3.8) is 0 Å². The summed E-state index contributed by atoms with van der Waals surface area (Å²) in [5.74, 6) is 2.44. The van der Waals surface area contributed by atoms with E-state index in [1.165, 1.54) is 19.3 Å². The zero-order chi connectivity index (χ0) is 13.0. The molecule has 0 bridgehead atoms. The first-order chi connectivity index (χ1) is 8.65. The van der Waals surface area contributed by atoms with Crippen molar-refractivity contribution in [3.05, 3.63) is 12.2 Å². The van der Waals surface area contributed by atoms with E-state index in [1.807, 2.05) is 0 Å². The zero-order valence-corrected chi connectivity index (χ0v) is 11.9. The third-order valence-corrected chi connectivity index (χ3v) is 3.41. The third-order valence-electron chi connectivity index (χ3n) is 3.41. The van der Waals surface area contributed by atoms with E-state index in [4.69, 9.17) is 0 Å². The van der Waals surface area contributed by atoms with E-state index in [0.717, 1.165) is 31.4 Å². The van der Waals surface area contributed by atoms with Crippen LogP contribution in [0.15, 0.2) is 6.33 Å². The summed E-state index contributed by atoms with van der Waals surface area (Å²) in [6.45, 7) is 8.86. The first-order valence-electron chi connectivity index (χ1n) is 7.25. The number of hydrogen-bond acceptors (Lipinski definition) is 3. The molecule has 1 N–H and O–H groups in total. The average Bonchev–Trinajstić information content (AvgIpc) is 3.02. The molecule has 0 aromatic carbocycles. The second-order valence-electron chi connectivity index (χ2n) is 6.08. The minimum absolute atomic E-state index is 0.622. The maximum Gasteiger partial charge on any atom is 0.138 e. The monoisotopic (exact) mass is 250 g/mol. The van der Waals surface area contributed by atoms with Crippen LogP contribution in [-0.2, 0) is 13.0 Å². The second-order valence-corrected chi connectivity index (χ2v) is 6.08. The molecule has 1 aliphatic carbocycles. The first-order valence-corrected chi connectivity index (χ1v) is 7.25. The molecule has 1 heterocycles. The van der Waals surface area contributed by atoms with Crippen LogP contribution in [0.4, 0.5) is 0 Å². The molecule has 0 amide bonds. The number of nitrogens with one attached hydrogen (secondary N) is 1. The lowest BCUT2D eigenvalue weighted by atomic mass is 10.0. The Balaban J connectivity index is 1.74. The topological polar surface area (TPSA) is 42.7 Å². The second kappa shape index (κ2) is 6.32. The van der Waals surface area contributed by atoms with Crippen LogP contribution in [0.1, 0.15) is 45.9 Å². The van der Waals surface area contributed by atoms with Crippen molar-refractivity contribution < 1.29 is 0 Å². The van der Waals surface area contributed by atoms with E-state index in [1.54, 1.807) is 6.33 Å². The van der Waals surface area contributed by atoms with Crippen molar-refractivity contribution in [2.24, 2.45) is 11.8 Å². The van der Waals surface area contributed by atoms with Gasteiger partial charge in [0.2, 0.25) is 0 Å². The fourth-order valence-electron chi connectivity index (χ4n) is 2.18. The van der Waals surface area contributed by atoms with Gasteiger partial charge >= 0.3 is 0 Å². The molecule has 0 aliphatic heterocycles. The Labute approximate surface area is 110 Å². The lowest BCUT2D eigenvalue weighted by molar-refractivity contribution is 0.433. The molecule has 1 aromatic rings. The van der Waals surface area contributed by atoms with Crippen molar-refractivity contribution in [1.82, 2.24) is 20.1 Å². The highest BCUT2D eigenvalue weighted by Gasteiger charge is 2.20. The van der Waals surface area contributed by atoms with Crippen LogP contribution in [0.5, 0.6) is 0 Å². The number of rotatable bonds is 8. The molecular formula is C14H26N4. The standard InChI is InChI=1S/C14H26N4/c1-11(2)9-18-14(16-10-17-18)8-12(3)6-7-15-13-4-5-13/h10-13,15H,4-9H2,1-3H3. The quantitative estimate of drug-likeness (QED) is 0.769. The van der Waals surface area contributed by atoms with Crippen LogP contribution in [0.2, 0.25) is 0 Å². The van der Waals surface area contributed by atoms with Gasteiger partial charge in [0.15, 0.2) is 0 Å². The molecule has 1 fully saturated rings. The molecule has 1 aliphatic rings. The molecule has 0 spiro atoms. The van der Waals surface area contributed by atoms with Crippen molar-refractivity contribution in [3.8, 4) is 0 Å². The summed E-state index contributed by atoms with van der Waals surface area (Å²) in [5.41, 5.74) is 0. The van der Waals surface area contributed by atoms with Crippen LogP contribution in [0, 0.1) is 11.8 Å². The summed E-state index contributed by atoms with van der Waals surface area (Å²) in [4.78, 5) is 4.40. The molecular weight excluding hydrogens is 224 g/mol. The molecule has 1 atom stereocenters. The Kier molecular flexibility index (Phi) is 4.75. The van der Waals surface area contributed by atoms with Gasteiger partial charge in [0.1, 0.15) is 12.2 Å². The molecule has 2 rings (SSSR count). The smallest absolute Gasteiger partial charge is 0.138 e. The first kappa shape index (κ1) is 13.5. The van der Waals surface area contributed by atoms with Gasteiger partial charge in [-0.2, -0.15) is 5.10 Å². The lowest BCUT2D eigenvalue weighted by Gasteiger charge is -2.13. The summed E-state index contributed by atoms with van der Waals surface area (Å²) >= 11 is 0. The van der Waals surface area contributed by atoms with E-state index < -0.39 is 0 Å². The number of nitrogens with zero attached hydrogens (tertiary/aromatic N) is 3. The van der Waals surface area contributed by atoms with Crippen molar-refractivity contribution in [1.29, 1.82) is 0 Å². The van der Waals surface area contributed by atoms with E-state index >= 15 is 0 Å². The summed E-state index contributed by atoms with van der Waals surface area (Å²) in [7, 11) is 0. The van der Waals surface area contributed by atoms with Gasteiger partial charge < -0.3 is 5.32 Å². The highest BCUT2D eigenvalue weighted by molar-refractivity contribution is 4.87. The molecule has 1 aromatic heterocycles. The van der Waals surface area contributed by atoms with Gasteiger partial charge in [0, 0.05) is 19.0 Å². The van der Waals surface area contributed by atoms with Gasteiger partial charge in [-0.1, -0.05) is 20.8 Å². The highest BCUT2D eigenvalue weighted by atomic mass is 15.3. The molecule has 0 saturated heterocycles. The van der Waals surface area contributed by atoms with Crippen molar-refractivity contribution >= 4 is 0 Å². The molecule has 4 nitrogen and oxygen atoms in total. The molecule has 1 saturated carbocycles. The SMILES string of the molecule is CC(C)Cn1ncnc1CC(C)CCNC1CC1. The van der Waals surface area contributed by atoms with Crippen LogP contribution in [0.25, 0.3) is 0 Å². The van der Waals surface area contributed by atoms with Gasteiger partial charge in [0.05, 0.1) is 0 Å². The summed E-state index contributed by atoms with van der Waals surface area (Å²) in [6.07, 6.45) is 6.70. The predicted octanol–water partition coefficient (Wildman–Crippen LogP) is 2.25. The van der Waals surface area contributed by atoms with E-state index in [0.29, 0.717) is 11.8 Å². The Hall–Kier alpha value is -0.900. The van der Waals surface area contributed by atoms with Crippen LogP contribution >= 0.6 is 0 Å². The largest absolute Gasteiger partial charge is 0.314 e. The van der Waals surface area contributed by atoms with Gasteiger partial charge in [0.25, 0.3) is 0 Å². The van der Waals surface area contributed by atoms with Crippen molar-refractivity contribution in [2.75, 3.05) is 6.54 Å². The Morgan fingerprint density at radius 3 is 2.83 bits per heavy atom. The predicted molar refractivity (Wildman–Crippen MR) is 73.4 cm³/mol. The minimum atomic E-state index is 0.622. The number of aromatic nitrogens is 3. The number of hydrogen-bond donors (Lipinski definition) is 1. The highest BCUT2D eigenvalue weighted by Crippen LogP contribution is 2.19. The zero-order valence-electron chi connectivity index (χ0n) is 11.9. The Morgan fingerprint density at radius 2 is 2.17 bits per heavy atom. The van der Waals surface area contributed by atoms with E-state index in [9.17, 15) is 0 Å². The van der Waals surface area contributed by atoms with Crippen molar-refractivity contribution in [2.45, 2.75) is 59.0 Å². The summed E-state index contributed by atoms with van der Waals surface area (Å²) in [6, 6.07) is 0.821. The fourth-order valence-corrected chi connectivity index (χ4v) is 2.18. The normalized spacial score (nSPS) is 17.3. The van der Waals surface area contributed by atoms with Gasteiger partial charge in [-0.3, -0.25) is 0 Å². The Morgan fingerprint density at radius 1 is 1.39 bits per heavy atom. The molecule has 102 valence electrons. The van der Waals surface area contributed by atoms with Crippen LogP contribution in [-0.4, -0.2) is 27.4 Å². The van der Waals surface area contributed by atoms with Gasteiger partial charge in [-0.25, -0.2) is 9.67 Å². The van der Waals surface area contributed by atoms with E-state index in [2.05, 4.69) is 40.9 Å². The molecule has 4 heteroatoms. The van der Waals surface area contributed by atoms with Crippen LogP contribution in [0.3, 0.4) is 0 Å². The maximum absolute atomic E-state index is 4.40. The van der Waals surface area contributed by atoms with E-state index in [-0.39, 0.29) is 0 Å². The fraction of sp³-hybridized carbons (Fsp3) is 0.857. The third kappa shape index (κ3) is 4.41. The summed E-state index contributed by atoms with van der Waals surface area (Å²) < 4.78 is 2.06. The maximum atomic E-state index is 4.40. The minimum Gasteiger partial charge on any atom is -0.314 e.